The fourth-order valence-corrected chi connectivity index (χ4v) is 2.94. The molecular weight excluding hydrogens is 236 g/mol. The van der Waals surface area contributed by atoms with Gasteiger partial charge < -0.3 is 11.1 Å². The molecule has 0 radical (unpaired) electrons. The fourth-order valence-electron chi connectivity index (χ4n) is 2.94. The summed E-state index contributed by atoms with van der Waals surface area (Å²) in [4.78, 5) is 8.66. The Morgan fingerprint density at radius 2 is 2.16 bits per heavy atom. The largest absolute Gasteiger partial charge is 0.399 e. The van der Waals surface area contributed by atoms with E-state index in [1.54, 1.807) is 6.33 Å². The number of nitrogens with two attached hydrogens (primary N) is 1. The second-order valence-corrected chi connectivity index (χ2v) is 6.25. The molecule has 1 aliphatic rings. The molecule has 4 nitrogen and oxygen atoms in total. The van der Waals surface area contributed by atoms with Crippen LogP contribution in [0.3, 0.4) is 0 Å². The van der Waals surface area contributed by atoms with Crippen LogP contribution in [0.25, 0.3) is 10.9 Å². The highest BCUT2D eigenvalue weighted by Gasteiger charge is 2.31. The summed E-state index contributed by atoms with van der Waals surface area (Å²) in [6, 6.07) is 6.29. The fraction of sp³-hybridized carbons (Fsp3) is 0.467. The number of benzene rings is 1. The highest BCUT2D eigenvalue weighted by Crippen LogP contribution is 2.38. The van der Waals surface area contributed by atoms with Crippen LogP contribution in [0.2, 0.25) is 0 Å². The number of aromatic nitrogens is 2. The van der Waals surface area contributed by atoms with E-state index in [2.05, 4.69) is 29.1 Å². The molecule has 0 saturated heterocycles. The number of hydrogen-bond acceptors (Lipinski definition) is 4. The lowest BCUT2D eigenvalue weighted by Crippen LogP contribution is -2.18. The Hall–Kier alpha value is -1.84. The average Bonchev–Trinajstić information content (AvgIpc) is 2.68. The molecule has 0 spiro atoms. The summed E-state index contributed by atoms with van der Waals surface area (Å²) in [5.41, 5.74) is 7.86. The molecule has 1 unspecified atom stereocenters. The van der Waals surface area contributed by atoms with E-state index in [1.165, 1.54) is 19.3 Å². The van der Waals surface area contributed by atoms with Gasteiger partial charge in [0.2, 0.25) is 0 Å². The first-order chi connectivity index (χ1) is 9.03. The van der Waals surface area contributed by atoms with Crippen LogP contribution in [0.1, 0.15) is 33.1 Å². The van der Waals surface area contributed by atoms with Crippen molar-refractivity contribution >= 4 is 22.4 Å². The lowest BCUT2D eigenvalue weighted by Gasteiger charge is -2.18. The molecule has 4 heteroatoms. The number of nitrogen functional groups attached to an aromatic ring is 1. The Bertz CT molecular complexity index is 606. The Morgan fingerprint density at radius 3 is 2.89 bits per heavy atom. The van der Waals surface area contributed by atoms with Crippen LogP contribution in [-0.4, -0.2) is 16.0 Å². The standard InChI is InChI=1S/C15H20N4/c1-15(2)6-5-11(8-15)19-14-12-4-3-10(16)7-13(12)17-9-18-14/h3-4,7,9,11H,5-6,8,16H2,1-2H3,(H,17,18,19). The van der Waals surface area contributed by atoms with E-state index in [0.717, 1.165) is 22.4 Å². The number of nitrogens with one attached hydrogen (secondary N) is 1. The van der Waals surface area contributed by atoms with Gasteiger partial charge in [-0.25, -0.2) is 9.97 Å². The second kappa shape index (κ2) is 4.37. The third-order valence-corrected chi connectivity index (χ3v) is 3.97. The number of anilines is 2. The molecule has 1 fully saturated rings. The molecule has 0 amide bonds. The number of rotatable bonds is 2. The summed E-state index contributed by atoms with van der Waals surface area (Å²) in [6.07, 6.45) is 5.26. The van der Waals surface area contributed by atoms with E-state index in [9.17, 15) is 0 Å². The molecule has 3 N–H and O–H groups in total. The van der Waals surface area contributed by atoms with Crippen LogP contribution in [-0.2, 0) is 0 Å². The first kappa shape index (κ1) is 12.2. The van der Waals surface area contributed by atoms with Gasteiger partial charge >= 0.3 is 0 Å². The first-order valence-electron chi connectivity index (χ1n) is 6.80. The molecule has 0 aliphatic heterocycles. The van der Waals surface area contributed by atoms with Gasteiger partial charge in [0.05, 0.1) is 5.52 Å². The maximum atomic E-state index is 5.79. The van der Waals surface area contributed by atoms with Crippen molar-refractivity contribution in [1.82, 2.24) is 9.97 Å². The van der Waals surface area contributed by atoms with Gasteiger partial charge in [-0.1, -0.05) is 13.8 Å². The second-order valence-electron chi connectivity index (χ2n) is 6.25. The number of nitrogens with zero attached hydrogens (tertiary/aromatic N) is 2. The van der Waals surface area contributed by atoms with E-state index in [1.807, 2.05) is 18.2 Å². The van der Waals surface area contributed by atoms with Crippen LogP contribution in [0.15, 0.2) is 24.5 Å². The van der Waals surface area contributed by atoms with Crippen molar-refractivity contribution in [3.05, 3.63) is 24.5 Å². The Kier molecular flexibility index (Phi) is 2.81. The normalized spacial score (nSPS) is 21.7. The lowest BCUT2D eigenvalue weighted by molar-refractivity contribution is 0.378. The number of hydrogen-bond donors (Lipinski definition) is 2. The van der Waals surface area contributed by atoms with E-state index in [-0.39, 0.29) is 0 Å². The minimum atomic E-state index is 0.435. The molecule has 1 aromatic carbocycles. The van der Waals surface area contributed by atoms with Crippen LogP contribution >= 0.6 is 0 Å². The van der Waals surface area contributed by atoms with Crippen molar-refractivity contribution in [2.75, 3.05) is 11.1 Å². The summed E-state index contributed by atoms with van der Waals surface area (Å²) in [7, 11) is 0. The molecular formula is C15H20N4. The van der Waals surface area contributed by atoms with E-state index in [0.29, 0.717) is 11.5 Å². The van der Waals surface area contributed by atoms with Crippen LogP contribution < -0.4 is 11.1 Å². The van der Waals surface area contributed by atoms with E-state index >= 15 is 0 Å². The summed E-state index contributed by atoms with van der Waals surface area (Å²) in [6.45, 7) is 4.65. The molecule has 0 bridgehead atoms. The molecule has 2 aromatic rings. The summed E-state index contributed by atoms with van der Waals surface area (Å²) in [5.74, 6) is 0.924. The van der Waals surface area contributed by atoms with E-state index in [4.69, 9.17) is 5.73 Å². The average molecular weight is 256 g/mol. The Labute approximate surface area is 113 Å². The monoisotopic (exact) mass is 256 g/mol. The van der Waals surface area contributed by atoms with Gasteiger partial charge in [0.1, 0.15) is 12.1 Å². The van der Waals surface area contributed by atoms with Gasteiger partial charge in [0.25, 0.3) is 0 Å². The van der Waals surface area contributed by atoms with Crippen molar-refractivity contribution in [2.45, 2.75) is 39.2 Å². The van der Waals surface area contributed by atoms with Gasteiger partial charge in [-0.3, -0.25) is 0 Å². The SMILES string of the molecule is CC1(C)CCC(Nc2ncnc3cc(N)ccc23)C1. The molecule has 1 atom stereocenters. The zero-order chi connectivity index (χ0) is 13.5. The maximum Gasteiger partial charge on any atom is 0.137 e. The third kappa shape index (κ3) is 2.48. The van der Waals surface area contributed by atoms with Crippen LogP contribution in [0, 0.1) is 5.41 Å². The highest BCUT2D eigenvalue weighted by molar-refractivity contribution is 5.90. The van der Waals surface area contributed by atoms with Gasteiger partial charge in [-0.05, 0) is 42.9 Å². The van der Waals surface area contributed by atoms with Crippen LogP contribution in [0.4, 0.5) is 11.5 Å². The lowest BCUT2D eigenvalue weighted by atomic mass is 9.92. The minimum Gasteiger partial charge on any atom is -0.399 e. The van der Waals surface area contributed by atoms with Crippen molar-refractivity contribution < 1.29 is 0 Å². The van der Waals surface area contributed by atoms with Crippen molar-refractivity contribution in [3.63, 3.8) is 0 Å². The number of fused-ring (bicyclic) bond motifs is 1. The zero-order valence-corrected chi connectivity index (χ0v) is 11.5. The van der Waals surface area contributed by atoms with Gasteiger partial charge in [0.15, 0.2) is 0 Å². The smallest absolute Gasteiger partial charge is 0.137 e. The summed E-state index contributed by atoms with van der Waals surface area (Å²) >= 11 is 0. The predicted octanol–water partition coefficient (Wildman–Crippen LogP) is 3.20. The molecule has 1 aliphatic carbocycles. The third-order valence-electron chi connectivity index (χ3n) is 3.97. The molecule has 1 saturated carbocycles. The van der Waals surface area contributed by atoms with E-state index < -0.39 is 0 Å². The zero-order valence-electron chi connectivity index (χ0n) is 11.5. The quantitative estimate of drug-likeness (QED) is 0.810. The summed E-state index contributed by atoms with van der Waals surface area (Å²) in [5, 5.41) is 4.61. The van der Waals surface area contributed by atoms with Crippen molar-refractivity contribution in [1.29, 1.82) is 0 Å². The molecule has 1 aromatic heterocycles. The Balaban J connectivity index is 1.89. The highest BCUT2D eigenvalue weighted by atomic mass is 15.0. The molecule has 1 heterocycles. The van der Waals surface area contributed by atoms with Crippen LogP contribution in [0.5, 0.6) is 0 Å². The maximum absolute atomic E-state index is 5.79. The summed E-state index contributed by atoms with van der Waals surface area (Å²) < 4.78 is 0. The molecule has 100 valence electrons. The molecule has 19 heavy (non-hydrogen) atoms. The molecule has 3 rings (SSSR count). The van der Waals surface area contributed by atoms with Gasteiger partial charge in [-0.2, -0.15) is 0 Å². The minimum absolute atomic E-state index is 0.435. The van der Waals surface area contributed by atoms with Crippen molar-refractivity contribution in [3.8, 4) is 0 Å². The first-order valence-corrected chi connectivity index (χ1v) is 6.80. The Morgan fingerprint density at radius 1 is 1.32 bits per heavy atom. The predicted molar refractivity (Wildman–Crippen MR) is 79.0 cm³/mol. The van der Waals surface area contributed by atoms with Gasteiger partial charge in [0, 0.05) is 17.1 Å². The van der Waals surface area contributed by atoms with Crippen molar-refractivity contribution in [2.24, 2.45) is 5.41 Å². The van der Waals surface area contributed by atoms with Gasteiger partial charge in [-0.15, -0.1) is 0 Å². The topological polar surface area (TPSA) is 63.8 Å².